The first-order chi connectivity index (χ1) is 9.60. The number of hydrogen-bond acceptors (Lipinski definition) is 3. The molecular weight excluding hydrogens is 358 g/mol. The standard InChI is InChI=1S/C14H14BrNO2S2/c15-12-4-1-2-6-14(12)20(17,18)16-8-3-5-13(16)11-7-9-19-10-11/h1-2,4,6-7,9-10,13H,3,5,8H2. The monoisotopic (exact) mass is 371 g/mol. The third-order valence-electron chi connectivity index (χ3n) is 3.55. The maximum atomic E-state index is 12.9. The summed E-state index contributed by atoms with van der Waals surface area (Å²) in [5.74, 6) is 0. The van der Waals surface area contributed by atoms with Crippen LogP contribution in [0.3, 0.4) is 0 Å². The molecule has 1 saturated heterocycles. The molecule has 1 aromatic heterocycles. The third-order valence-corrected chi connectivity index (χ3v) is 7.18. The van der Waals surface area contributed by atoms with Crippen LogP contribution in [0.5, 0.6) is 0 Å². The maximum absolute atomic E-state index is 12.9. The number of nitrogens with zero attached hydrogens (tertiary/aromatic N) is 1. The number of rotatable bonds is 3. The molecule has 1 aliphatic rings. The fourth-order valence-electron chi connectivity index (χ4n) is 2.61. The fraction of sp³-hybridized carbons (Fsp3) is 0.286. The van der Waals surface area contributed by atoms with Crippen molar-refractivity contribution in [3.05, 3.63) is 51.1 Å². The summed E-state index contributed by atoms with van der Waals surface area (Å²) in [6.45, 7) is 0.587. The molecule has 0 spiro atoms. The van der Waals surface area contributed by atoms with Gasteiger partial charge >= 0.3 is 0 Å². The van der Waals surface area contributed by atoms with Crippen LogP contribution in [0.1, 0.15) is 24.4 Å². The lowest BCUT2D eigenvalue weighted by Crippen LogP contribution is -2.30. The maximum Gasteiger partial charge on any atom is 0.244 e. The predicted molar refractivity (Wildman–Crippen MR) is 84.3 cm³/mol. The van der Waals surface area contributed by atoms with Gasteiger partial charge in [0.05, 0.1) is 10.9 Å². The highest BCUT2D eigenvalue weighted by atomic mass is 79.9. The van der Waals surface area contributed by atoms with Gasteiger partial charge in [0.1, 0.15) is 0 Å². The average Bonchev–Trinajstić information content (AvgIpc) is 3.10. The second-order valence-electron chi connectivity index (χ2n) is 4.76. The Balaban J connectivity index is 2.01. The van der Waals surface area contributed by atoms with E-state index in [1.54, 1.807) is 33.8 Å². The van der Waals surface area contributed by atoms with E-state index in [1.807, 2.05) is 22.9 Å². The van der Waals surface area contributed by atoms with Crippen molar-refractivity contribution in [3.8, 4) is 0 Å². The number of sulfonamides is 1. The summed E-state index contributed by atoms with van der Waals surface area (Å²) < 4.78 is 28.0. The lowest BCUT2D eigenvalue weighted by molar-refractivity contribution is 0.397. The molecule has 6 heteroatoms. The van der Waals surface area contributed by atoms with Gasteiger partial charge in [-0.15, -0.1) is 0 Å². The van der Waals surface area contributed by atoms with Crippen LogP contribution >= 0.6 is 27.3 Å². The molecule has 2 heterocycles. The highest BCUT2D eigenvalue weighted by molar-refractivity contribution is 9.10. The molecule has 20 heavy (non-hydrogen) atoms. The summed E-state index contributed by atoms with van der Waals surface area (Å²) >= 11 is 4.95. The Kier molecular flexibility index (Phi) is 3.99. The number of hydrogen-bond donors (Lipinski definition) is 0. The van der Waals surface area contributed by atoms with Gasteiger partial charge in [0.2, 0.25) is 10.0 Å². The van der Waals surface area contributed by atoms with E-state index < -0.39 is 10.0 Å². The first-order valence-corrected chi connectivity index (χ1v) is 9.57. The molecule has 1 atom stereocenters. The first-order valence-electron chi connectivity index (χ1n) is 6.39. The zero-order valence-electron chi connectivity index (χ0n) is 10.7. The van der Waals surface area contributed by atoms with E-state index in [9.17, 15) is 8.42 Å². The summed E-state index contributed by atoms with van der Waals surface area (Å²) in [5.41, 5.74) is 1.10. The van der Waals surface area contributed by atoms with Crippen LogP contribution in [-0.4, -0.2) is 19.3 Å². The van der Waals surface area contributed by atoms with Crippen LogP contribution in [0.15, 0.2) is 50.5 Å². The topological polar surface area (TPSA) is 37.4 Å². The van der Waals surface area contributed by atoms with Crippen molar-refractivity contribution >= 4 is 37.3 Å². The molecular formula is C14H14BrNO2S2. The van der Waals surface area contributed by atoms with Crippen LogP contribution in [-0.2, 0) is 10.0 Å². The molecule has 0 aliphatic carbocycles. The van der Waals surface area contributed by atoms with E-state index in [0.717, 1.165) is 18.4 Å². The summed E-state index contributed by atoms with van der Waals surface area (Å²) in [7, 11) is -3.45. The van der Waals surface area contributed by atoms with Gasteiger partial charge in [-0.25, -0.2) is 8.42 Å². The average molecular weight is 372 g/mol. The molecule has 1 unspecified atom stereocenters. The minimum atomic E-state index is -3.45. The normalized spacial score (nSPS) is 20.4. The Hall–Kier alpha value is -0.690. The Morgan fingerprint density at radius 1 is 1.25 bits per heavy atom. The number of benzene rings is 1. The highest BCUT2D eigenvalue weighted by Crippen LogP contribution is 2.38. The van der Waals surface area contributed by atoms with Crippen LogP contribution in [0.25, 0.3) is 0 Å². The number of thiophene rings is 1. The molecule has 106 valence electrons. The molecule has 0 radical (unpaired) electrons. The van der Waals surface area contributed by atoms with Crippen LogP contribution < -0.4 is 0 Å². The molecule has 0 N–H and O–H groups in total. The van der Waals surface area contributed by atoms with Crippen molar-refractivity contribution in [3.63, 3.8) is 0 Å². The molecule has 3 nitrogen and oxygen atoms in total. The fourth-order valence-corrected chi connectivity index (χ4v) is 5.96. The van der Waals surface area contributed by atoms with E-state index in [4.69, 9.17) is 0 Å². The number of halogens is 1. The zero-order chi connectivity index (χ0) is 14.2. The molecule has 0 bridgehead atoms. The summed E-state index contributed by atoms with van der Waals surface area (Å²) in [4.78, 5) is 0.349. The molecule has 2 aromatic rings. The van der Waals surface area contributed by atoms with E-state index in [-0.39, 0.29) is 6.04 Å². The van der Waals surface area contributed by atoms with Crippen molar-refractivity contribution in [1.29, 1.82) is 0 Å². The highest BCUT2D eigenvalue weighted by Gasteiger charge is 2.37. The first kappa shape index (κ1) is 14.3. The van der Waals surface area contributed by atoms with Crippen LogP contribution in [0.2, 0.25) is 0 Å². The smallest absolute Gasteiger partial charge is 0.207 e. The second kappa shape index (κ2) is 5.60. The zero-order valence-corrected chi connectivity index (χ0v) is 13.9. The van der Waals surface area contributed by atoms with Crippen molar-refractivity contribution < 1.29 is 8.42 Å². The van der Waals surface area contributed by atoms with Crippen LogP contribution in [0, 0.1) is 0 Å². The second-order valence-corrected chi connectivity index (χ2v) is 8.25. The van der Waals surface area contributed by atoms with Crippen LogP contribution in [0.4, 0.5) is 0 Å². The van der Waals surface area contributed by atoms with Gasteiger partial charge < -0.3 is 0 Å². The summed E-state index contributed by atoms with van der Waals surface area (Å²) in [5, 5.41) is 4.04. The SMILES string of the molecule is O=S(=O)(c1ccccc1Br)N1CCCC1c1ccsc1. The van der Waals surface area contributed by atoms with Gasteiger partial charge in [-0.2, -0.15) is 15.6 Å². The van der Waals surface area contributed by atoms with Gasteiger partial charge in [-0.1, -0.05) is 12.1 Å². The lowest BCUT2D eigenvalue weighted by atomic mass is 10.1. The predicted octanol–water partition coefficient (Wildman–Crippen LogP) is 4.04. The Morgan fingerprint density at radius 3 is 2.75 bits per heavy atom. The minimum Gasteiger partial charge on any atom is -0.207 e. The van der Waals surface area contributed by atoms with Crippen molar-refractivity contribution in [2.45, 2.75) is 23.8 Å². The Bertz CT molecular complexity index is 698. The van der Waals surface area contributed by atoms with Gasteiger partial charge in [-0.05, 0) is 63.3 Å². The minimum absolute atomic E-state index is 0.0293. The van der Waals surface area contributed by atoms with E-state index >= 15 is 0 Å². The molecule has 1 fully saturated rings. The van der Waals surface area contributed by atoms with Gasteiger partial charge in [0.15, 0.2) is 0 Å². The van der Waals surface area contributed by atoms with Crippen molar-refractivity contribution in [1.82, 2.24) is 4.31 Å². The van der Waals surface area contributed by atoms with E-state index in [2.05, 4.69) is 15.9 Å². The van der Waals surface area contributed by atoms with Gasteiger partial charge in [0, 0.05) is 11.0 Å². The van der Waals surface area contributed by atoms with Gasteiger partial charge in [-0.3, -0.25) is 0 Å². The van der Waals surface area contributed by atoms with Crippen molar-refractivity contribution in [2.75, 3.05) is 6.54 Å². The quantitative estimate of drug-likeness (QED) is 0.816. The Labute approximate surface area is 131 Å². The van der Waals surface area contributed by atoms with Gasteiger partial charge in [0.25, 0.3) is 0 Å². The van der Waals surface area contributed by atoms with E-state index in [0.29, 0.717) is 15.9 Å². The van der Waals surface area contributed by atoms with E-state index in [1.165, 1.54) is 0 Å². The molecule has 0 saturated carbocycles. The Morgan fingerprint density at radius 2 is 2.05 bits per heavy atom. The molecule has 0 amide bonds. The summed E-state index contributed by atoms with van der Waals surface area (Å²) in [6, 6.07) is 8.99. The largest absolute Gasteiger partial charge is 0.244 e. The molecule has 1 aliphatic heterocycles. The molecule has 3 rings (SSSR count). The van der Waals surface area contributed by atoms with Crippen molar-refractivity contribution in [2.24, 2.45) is 0 Å². The lowest BCUT2D eigenvalue weighted by Gasteiger charge is -2.24. The summed E-state index contributed by atoms with van der Waals surface area (Å²) in [6.07, 6.45) is 1.80. The third kappa shape index (κ3) is 2.45. The molecule has 1 aromatic carbocycles.